The molecule has 0 saturated heterocycles. The molecule has 0 fully saturated rings. The Morgan fingerprint density at radius 2 is 1.95 bits per heavy atom. The highest BCUT2D eigenvalue weighted by molar-refractivity contribution is 5.96. The van der Waals surface area contributed by atoms with Crippen LogP contribution < -0.4 is 14.9 Å². The van der Waals surface area contributed by atoms with E-state index in [0.29, 0.717) is 36.1 Å². The van der Waals surface area contributed by atoms with E-state index in [1.165, 1.54) is 0 Å². The molecule has 0 spiro atoms. The number of methoxy groups -OCH3 is 1. The van der Waals surface area contributed by atoms with Gasteiger partial charge in [0.05, 0.1) is 26.5 Å². The number of benzene rings is 2. The van der Waals surface area contributed by atoms with Crippen LogP contribution in [0.1, 0.15) is 41.8 Å². The lowest BCUT2D eigenvalue weighted by Crippen LogP contribution is -2.17. The monoisotopic (exact) mass is 497 g/mol. The number of hydrogen-bond acceptors (Lipinski definition) is 6. The van der Waals surface area contributed by atoms with E-state index in [0.717, 1.165) is 28.8 Å². The summed E-state index contributed by atoms with van der Waals surface area (Å²) in [4.78, 5) is 17.0. The molecule has 2 aromatic heterocycles. The maximum Gasteiger partial charge on any atom is 0.271 e. The molecule has 4 rings (SSSR count). The van der Waals surface area contributed by atoms with Crippen LogP contribution in [0.5, 0.6) is 11.5 Å². The largest absolute Gasteiger partial charge is 0.493 e. The van der Waals surface area contributed by atoms with Gasteiger partial charge in [-0.1, -0.05) is 44.2 Å². The average molecular weight is 498 g/mol. The number of carbonyl (C=O) groups is 1. The number of amides is 1. The van der Waals surface area contributed by atoms with Crippen molar-refractivity contribution in [2.75, 3.05) is 13.7 Å². The van der Waals surface area contributed by atoms with E-state index in [1.54, 1.807) is 43.9 Å². The quantitative estimate of drug-likeness (QED) is 0.227. The lowest BCUT2D eigenvalue weighted by molar-refractivity contribution is 0.0954. The van der Waals surface area contributed by atoms with E-state index in [2.05, 4.69) is 29.4 Å². The fourth-order valence-electron chi connectivity index (χ4n) is 3.67. The van der Waals surface area contributed by atoms with Crippen molar-refractivity contribution in [3.8, 4) is 22.8 Å². The van der Waals surface area contributed by atoms with Gasteiger partial charge < -0.3 is 9.47 Å². The summed E-state index contributed by atoms with van der Waals surface area (Å²) in [5.41, 5.74) is 6.49. The summed E-state index contributed by atoms with van der Waals surface area (Å²) >= 11 is 0. The number of ether oxygens (including phenoxy) is 2. The highest BCUT2D eigenvalue weighted by atomic mass is 16.5. The molecule has 1 N–H and O–H groups in total. The fraction of sp³-hybridized carbons (Fsp3) is 0.241. The molecule has 0 aliphatic rings. The second-order valence-corrected chi connectivity index (χ2v) is 8.95. The Labute approximate surface area is 217 Å². The minimum absolute atomic E-state index is 0.358. The number of hydrogen-bond donors (Lipinski definition) is 1. The van der Waals surface area contributed by atoms with E-state index in [4.69, 9.17) is 14.6 Å². The molecule has 37 heavy (non-hydrogen) atoms. The summed E-state index contributed by atoms with van der Waals surface area (Å²) in [5, 5.41) is 8.94. The van der Waals surface area contributed by atoms with Gasteiger partial charge in [0, 0.05) is 35.3 Å². The molecule has 0 atom stereocenters. The third-order valence-corrected chi connectivity index (χ3v) is 5.66. The van der Waals surface area contributed by atoms with Crippen LogP contribution in [0.2, 0.25) is 0 Å². The second-order valence-electron chi connectivity index (χ2n) is 8.95. The molecule has 8 nitrogen and oxygen atoms in total. The Kier molecular flexibility index (Phi) is 8.65. The van der Waals surface area contributed by atoms with Crippen LogP contribution in [0.25, 0.3) is 11.3 Å². The van der Waals surface area contributed by atoms with Gasteiger partial charge in [-0.25, -0.2) is 5.43 Å². The molecular formula is C29H31N5O3. The summed E-state index contributed by atoms with van der Waals surface area (Å²) in [5.74, 6) is 1.29. The molecule has 0 saturated carbocycles. The van der Waals surface area contributed by atoms with Crippen LogP contribution >= 0.6 is 0 Å². The van der Waals surface area contributed by atoms with E-state index >= 15 is 0 Å². The number of aromatic nitrogens is 3. The molecule has 1 amide bonds. The van der Waals surface area contributed by atoms with Gasteiger partial charge in [-0.3, -0.25) is 14.5 Å². The van der Waals surface area contributed by atoms with Crippen LogP contribution in [0.3, 0.4) is 0 Å². The highest BCUT2D eigenvalue weighted by Crippen LogP contribution is 2.28. The maximum atomic E-state index is 12.8. The third kappa shape index (κ3) is 7.04. The van der Waals surface area contributed by atoms with E-state index in [-0.39, 0.29) is 5.91 Å². The second kappa shape index (κ2) is 12.5. The predicted octanol–water partition coefficient (Wildman–Crippen LogP) is 5.19. The van der Waals surface area contributed by atoms with E-state index in [1.807, 2.05) is 53.3 Å². The van der Waals surface area contributed by atoms with Gasteiger partial charge in [-0.05, 0) is 48.2 Å². The van der Waals surface area contributed by atoms with Crippen molar-refractivity contribution in [1.82, 2.24) is 20.2 Å². The Morgan fingerprint density at radius 1 is 1.11 bits per heavy atom. The Bertz CT molecular complexity index is 1330. The van der Waals surface area contributed by atoms with Crippen LogP contribution in [0, 0.1) is 5.92 Å². The molecule has 0 bridgehead atoms. The predicted molar refractivity (Wildman–Crippen MR) is 144 cm³/mol. The zero-order valence-corrected chi connectivity index (χ0v) is 21.3. The lowest BCUT2D eigenvalue weighted by Gasteiger charge is -2.12. The molecule has 190 valence electrons. The topological polar surface area (TPSA) is 90.6 Å². The minimum atomic E-state index is -0.358. The van der Waals surface area contributed by atoms with Gasteiger partial charge in [-0.2, -0.15) is 10.2 Å². The number of rotatable bonds is 11. The molecule has 0 radical (unpaired) electrons. The number of hydrazone groups is 1. The van der Waals surface area contributed by atoms with Crippen molar-refractivity contribution in [3.05, 3.63) is 95.9 Å². The van der Waals surface area contributed by atoms with Crippen molar-refractivity contribution in [2.45, 2.75) is 26.8 Å². The first kappa shape index (κ1) is 25.6. The maximum absolute atomic E-state index is 12.8. The highest BCUT2D eigenvalue weighted by Gasteiger charge is 2.13. The Morgan fingerprint density at radius 3 is 2.68 bits per heavy atom. The SMILES string of the molecule is COc1cc(C(=O)N/N=C/c2cn(Cc3ccccc3)nc2-c2cccnc2)ccc1OCCC(C)C. The van der Waals surface area contributed by atoms with Crippen LogP contribution in [-0.2, 0) is 6.54 Å². The van der Waals surface area contributed by atoms with Crippen molar-refractivity contribution < 1.29 is 14.3 Å². The smallest absolute Gasteiger partial charge is 0.271 e. The minimum Gasteiger partial charge on any atom is -0.493 e. The first-order valence-electron chi connectivity index (χ1n) is 12.2. The molecule has 4 aromatic rings. The van der Waals surface area contributed by atoms with Crippen LogP contribution in [0.15, 0.2) is 84.4 Å². The Hall–Kier alpha value is -4.46. The van der Waals surface area contributed by atoms with Gasteiger partial charge >= 0.3 is 0 Å². The Balaban J connectivity index is 1.48. The molecule has 2 heterocycles. The lowest BCUT2D eigenvalue weighted by atomic mass is 10.1. The van der Waals surface area contributed by atoms with Crippen LogP contribution in [-0.4, -0.2) is 40.6 Å². The number of nitrogens with one attached hydrogen (secondary N) is 1. The molecule has 0 aliphatic heterocycles. The molecule has 8 heteroatoms. The van der Waals surface area contributed by atoms with E-state index < -0.39 is 0 Å². The van der Waals surface area contributed by atoms with Gasteiger partial charge in [0.2, 0.25) is 0 Å². The average Bonchev–Trinajstić information content (AvgIpc) is 3.31. The van der Waals surface area contributed by atoms with Crippen molar-refractivity contribution in [2.24, 2.45) is 11.0 Å². The summed E-state index contributed by atoms with van der Waals surface area (Å²) < 4.78 is 13.1. The van der Waals surface area contributed by atoms with E-state index in [9.17, 15) is 4.79 Å². The number of carbonyl (C=O) groups excluding carboxylic acids is 1. The number of nitrogens with zero attached hydrogens (tertiary/aromatic N) is 4. The fourth-order valence-corrected chi connectivity index (χ4v) is 3.67. The standard InChI is InChI=1S/C29H31N5O3/c1-21(2)13-15-37-26-12-11-23(16-27(26)36-3)29(35)32-31-18-25-20-34(19-22-8-5-4-6-9-22)33-28(25)24-10-7-14-30-17-24/h4-12,14,16-18,20-21H,13,15,19H2,1-3H3,(H,32,35)/b31-18+. The van der Waals surface area contributed by atoms with Gasteiger partial charge in [0.15, 0.2) is 11.5 Å². The first-order valence-corrected chi connectivity index (χ1v) is 12.2. The molecule has 2 aromatic carbocycles. The van der Waals surface area contributed by atoms with Crippen molar-refractivity contribution >= 4 is 12.1 Å². The molecule has 0 unspecified atom stereocenters. The molecule has 0 aliphatic carbocycles. The summed E-state index contributed by atoms with van der Waals surface area (Å²) in [6, 6.07) is 19.0. The molecular weight excluding hydrogens is 466 g/mol. The number of pyridine rings is 1. The first-order chi connectivity index (χ1) is 18.0. The van der Waals surface area contributed by atoms with Gasteiger partial charge in [0.25, 0.3) is 5.91 Å². The summed E-state index contributed by atoms with van der Waals surface area (Å²) in [6.45, 7) is 5.48. The zero-order valence-electron chi connectivity index (χ0n) is 21.3. The summed E-state index contributed by atoms with van der Waals surface area (Å²) in [7, 11) is 1.55. The van der Waals surface area contributed by atoms with Crippen molar-refractivity contribution in [3.63, 3.8) is 0 Å². The van der Waals surface area contributed by atoms with Gasteiger partial charge in [-0.15, -0.1) is 0 Å². The zero-order chi connectivity index (χ0) is 26.0. The third-order valence-electron chi connectivity index (χ3n) is 5.66. The van der Waals surface area contributed by atoms with Crippen LogP contribution in [0.4, 0.5) is 0 Å². The van der Waals surface area contributed by atoms with Crippen molar-refractivity contribution in [1.29, 1.82) is 0 Å². The normalized spacial score (nSPS) is 11.1. The summed E-state index contributed by atoms with van der Waals surface area (Å²) in [6.07, 6.45) is 7.89. The van der Waals surface area contributed by atoms with Gasteiger partial charge in [0.1, 0.15) is 5.69 Å².